The molecule has 5 heteroatoms. The Morgan fingerprint density at radius 3 is 2.43 bits per heavy atom. The van der Waals surface area contributed by atoms with Crippen molar-refractivity contribution in [1.29, 1.82) is 0 Å². The number of benzene rings is 2. The molecule has 0 unspecified atom stereocenters. The highest BCUT2D eigenvalue weighted by Crippen LogP contribution is 2.32. The van der Waals surface area contributed by atoms with Crippen LogP contribution in [0.1, 0.15) is 16.7 Å². The summed E-state index contributed by atoms with van der Waals surface area (Å²) in [6, 6.07) is 11.0. The predicted octanol–water partition coefficient (Wildman–Crippen LogP) is 4.63. The standard InChI is InChI=1S/C16H16F3NO/c1-11-9-13(7-8-15(11)21-2)20-10-12-5-3-4-6-14(12)16(17,18)19/h3-9,20H,10H2,1-2H3. The molecule has 0 heterocycles. The smallest absolute Gasteiger partial charge is 0.416 e. The lowest BCUT2D eigenvalue weighted by Gasteiger charge is -2.14. The van der Waals surface area contributed by atoms with Gasteiger partial charge in [-0.3, -0.25) is 0 Å². The largest absolute Gasteiger partial charge is 0.496 e. The Morgan fingerprint density at radius 1 is 1.10 bits per heavy atom. The number of methoxy groups -OCH3 is 1. The molecule has 0 saturated heterocycles. The van der Waals surface area contributed by atoms with Gasteiger partial charge in [-0.15, -0.1) is 0 Å². The molecule has 21 heavy (non-hydrogen) atoms. The molecule has 2 aromatic carbocycles. The van der Waals surface area contributed by atoms with Crippen molar-refractivity contribution in [3.05, 3.63) is 59.2 Å². The van der Waals surface area contributed by atoms with Gasteiger partial charge in [0.05, 0.1) is 12.7 Å². The third-order valence-corrected chi connectivity index (χ3v) is 3.20. The summed E-state index contributed by atoms with van der Waals surface area (Å²) in [7, 11) is 1.58. The van der Waals surface area contributed by atoms with Crippen molar-refractivity contribution in [3.8, 4) is 5.75 Å². The van der Waals surface area contributed by atoms with E-state index in [1.54, 1.807) is 25.3 Å². The average Bonchev–Trinajstić information content (AvgIpc) is 2.44. The van der Waals surface area contributed by atoms with Gasteiger partial charge in [0.25, 0.3) is 0 Å². The van der Waals surface area contributed by atoms with E-state index >= 15 is 0 Å². The Balaban J connectivity index is 2.15. The first-order valence-corrected chi connectivity index (χ1v) is 6.45. The van der Waals surface area contributed by atoms with Crippen LogP contribution in [0.25, 0.3) is 0 Å². The summed E-state index contributed by atoms with van der Waals surface area (Å²) in [6.45, 7) is 2.00. The summed E-state index contributed by atoms with van der Waals surface area (Å²) in [5.74, 6) is 0.747. The van der Waals surface area contributed by atoms with Crippen LogP contribution in [0.15, 0.2) is 42.5 Å². The lowest BCUT2D eigenvalue weighted by atomic mass is 10.1. The average molecular weight is 295 g/mol. The quantitative estimate of drug-likeness (QED) is 0.887. The van der Waals surface area contributed by atoms with Crippen LogP contribution in [-0.2, 0) is 12.7 Å². The molecule has 112 valence electrons. The van der Waals surface area contributed by atoms with E-state index < -0.39 is 11.7 Å². The normalized spacial score (nSPS) is 11.3. The Labute approximate surface area is 121 Å². The van der Waals surface area contributed by atoms with Crippen LogP contribution in [0.2, 0.25) is 0 Å². The molecule has 0 atom stereocenters. The molecule has 0 saturated carbocycles. The molecule has 0 aliphatic heterocycles. The minimum Gasteiger partial charge on any atom is -0.496 e. The second kappa shape index (κ2) is 6.08. The topological polar surface area (TPSA) is 21.3 Å². The fourth-order valence-electron chi connectivity index (χ4n) is 2.14. The van der Waals surface area contributed by atoms with E-state index in [1.165, 1.54) is 12.1 Å². The molecule has 0 bridgehead atoms. The Hall–Kier alpha value is -2.17. The fourth-order valence-corrected chi connectivity index (χ4v) is 2.14. The van der Waals surface area contributed by atoms with E-state index in [4.69, 9.17) is 4.74 Å². The van der Waals surface area contributed by atoms with Gasteiger partial charge in [0.2, 0.25) is 0 Å². The maximum atomic E-state index is 12.9. The van der Waals surface area contributed by atoms with Crippen molar-refractivity contribution in [2.24, 2.45) is 0 Å². The maximum absolute atomic E-state index is 12.9. The van der Waals surface area contributed by atoms with Crippen molar-refractivity contribution in [1.82, 2.24) is 0 Å². The van der Waals surface area contributed by atoms with E-state index in [0.717, 1.165) is 23.1 Å². The Morgan fingerprint density at radius 2 is 1.81 bits per heavy atom. The van der Waals surface area contributed by atoms with Crippen LogP contribution in [0.4, 0.5) is 18.9 Å². The second-order valence-corrected chi connectivity index (χ2v) is 4.69. The van der Waals surface area contributed by atoms with E-state index in [9.17, 15) is 13.2 Å². The third kappa shape index (κ3) is 3.68. The molecule has 0 spiro atoms. The molecule has 2 aromatic rings. The molecular formula is C16H16F3NO. The second-order valence-electron chi connectivity index (χ2n) is 4.69. The van der Waals surface area contributed by atoms with Crippen molar-refractivity contribution in [3.63, 3.8) is 0 Å². The lowest BCUT2D eigenvalue weighted by molar-refractivity contribution is -0.138. The van der Waals surface area contributed by atoms with Crippen molar-refractivity contribution < 1.29 is 17.9 Å². The first kappa shape index (κ1) is 15.2. The van der Waals surface area contributed by atoms with Crippen LogP contribution in [0, 0.1) is 6.92 Å². The van der Waals surface area contributed by atoms with Crippen LogP contribution in [0.5, 0.6) is 5.75 Å². The van der Waals surface area contributed by atoms with E-state index in [1.807, 2.05) is 13.0 Å². The van der Waals surface area contributed by atoms with Crippen LogP contribution in [-0.4, -0.2) is 7.11 Å². The Bertz CT molecular complexity index is 623. The predicted molar refractivity (Wildman–Crippen MR) is 76.5 cm³/mol. The van der Waals surface area contributed by atoms with Gasteiger partial charge in [-0.2, -0.15) is 13.2 Å². The zero-order valence-corrected chi connectivity index (χ0v) is 11.8. The van der Waals surface area contributed by atoms with E-state index in [2.05, 4.69) is 5.32 Å². The van der Waals surface area contributed by atoms with Crippen molar-refractivity contribution in [2.75, 3.05) is 12.4 Å². The minimum atomic E-state index is -4.34. The lowest BCUT2D eigenvalue weighted by Crippen LogP contribution is -2.11. The van der Waals surface area contributed by atoms with Crippen LogP contribution in [0.3, 0.4) is 0 Å². The number of aryl methyl sites for hydroxylation is 1. The first-order valence-electron chi connectivity index (χ1n) is 6.45. The summed E-state index contributed by atoms with van der Waals surface area (Å²) in [5.41, 5.74) is 1.29. The van der Waals surface area contributed by atoms with Gasteiger partial charge >= 0.3 is 6.18 Å². The van der Waals surface area contributed by atoms with E-state index in [0.29, 0.717) is 0 Å². The number of hydrogen-bond acceptors (Lipinski definition) is 2. The third-order valence-electron chi connectivity index (χ3n) is 3.20. The maximum Gasteiger partial charge on any atom is 0.416 e. The minimum absolute atomic E-state index is 0.113. The molecule has 0 fully saturated rings. The van der Waals surface area contributed by atoms with Crippen LogP contribution < -0.4 is 10.1 Å². The monoisotopic (exact) mass is 295 g/mol. The summed E-state index contributed by atoms with van der Waals surface area (Å²) in [4.78, 5) is 0. The fraction of sp³-hybridized carbons (Fsp3) is 0.250. The number of ether oxygens (including phenoxy) is 1. The first-order chi connectivity index (χ1) is 9.91. The highest BCUT2D eigenvalue weighted by Gasteiger charge is 2.32. The number of rotatable bonds is 4. The van der Waals surface area contributed by atoms with Gasteiger partial charge in [-0.05, 0) is 42.3 Å². The van der Waals surface area contributed by atoms with Gasteiger partial charge in [-0.1, -0.05) is 18.2 Å². The summed E-state index contributed by atoms with van der Waals surface area (Å²) in [5, 5.41) is 3.01. The molecule has 1 N–H and O–H groups in total. The number of nitrogens with one attached hydrogen (secondary N) is 1. The molecule has 0 radical (unpaired) electrons. The number of anilines is 1. The molecular weight excluding hydrogens is 279 g/mol. The summed E-state index contributed by atoms with van der Waals surface area (Å²) >= 11 is 0. The van der Waals surface area contributed by atoms with E-state index in [-0.39, 0.29) is 12.1 Å². The number of halogens is 3. The van der Waals surface area contributed by atoms with Crippen LogP contribution >= 0.6 is 0 Å². The van der Waals surface area contributed by atoms with Gasteiger partial charge in [0, 0.05) is 12.2 Å². The highest BCUT2D eigenvalue weighted by molar-refractivity contribution is 5.51. The molecule has 2 nitrogen and oxygen atoms in total. The number of hydrogen-bond donors (Lipinski definition) is 1. The summed E-state index contributed by atoms with van der Waals surface area (Å²) in [6.07, 6.45) is -4.34. The van der Waals surface area contributed by atoms with Crippen molar-refractivity contribution in [2.45, 2.75) is 19.6 Å². The number of alkyl halides is 3. The zero-order chi connectivity index (χ0) is 15.5. The zero-order valence-electron chi connectivity index (χ0n) is 11.8. The Kier molecular flexibility index (Phi) is 4.40. The van der Waals surface area contributed by atoms with Gasteiger partial charge < -0.3 is 10.1 Å². The van der Waals surface area contributed by atoms with Crippen molar-refractivity contribution >= 4 is 5.69 Å². The molecule has 2 rings (SSSR count). The molecule has 0 aliphatic rings. The highest BCUT2D eigenvalue weighted by atomic mass is 19.4. The van der Waals surface area contributed by atoms with Gasteiger partial charge in [0.1, 0.15) is 5.75 Å². The molecule has 0 aliphatic carbocycles. The van der Waals surface area contributed by atoms with Gasteiger partial charge in [-0.25, -0.2) is 0 Å². The SMILES string of the molecule is COc1ccc(NCc2ccccc2C(F)(F)F)cc1C. The molecule has 0 amide bonds. The summed E-state index contributed by atoms with van der Waals surface area (Å²) < 4.78 is 43.8. The van der Waals surface area contributed by atoms with Gasteiger partial charge in [0.15, 0.2) is 0 Å². The molecule has 0 aromatic heterocycles.